The van der Waals surface area contributed by atoms with Crippen LogP contribution in [0.4, 0.5) is 0 Å². The lowest BCUT2D eigenvalue weighted by Gasteiger charge is -2.54. The largest absolute Gasteiger partial charge is 0.383 e. The van der Waals surface area contributed by atoms with E-state index in [-0.39, 0.29) is 5.54 Å². The average Bonchev–Trinajstić information content (AvgIpc) is 2.26. The van der Waals surface area contributed by atoms with Crippen LogP contribution in [0.15, 0.2) is 0 Å². The van der Waals surface area contributed by atoms with E-state index in [1.807, 2.05) is 0 Å². The molecular formula is C14H27NO. The maximum atomic E-state index is 5.29. The van der Waals surface area contributed by atoms with Gasteiger partial charge < -0.3 is 10.1 Å². The predicted octanol–water partition coefficient (Wildman–Crippen LogP) is 3.11. The number of hydrogen-bond acceptors (Lipinski definition) is 2. The van der Waals surface area contributed by atoms with Crippen molar-refractivity contribution >= 4 is 0 Å². The fraction of sp³-hybridized carbons (Fsp3) is 1.00. The molecule has 0 aliphatic heterocycles. The van der Waals surface area contributed by atoms with Gasteiger partial charge in [0.2, 0.25) is 0 Å². The Balaban J connectivity index is 1.90. The number of rotatable bonds is 4. The summed E-state index contributed by atoms with van der Waals surface area (Å²) in [5, 5.41) is 3.83. The number of ether oxygens (including phenoxy) is 1. The molecule has 2 aliphatic rings. The molecule has 0 radical (unpaired) electrons. The minimum Gasteiger partial charge on any atom is -0.383 e. The van der Waals surface area contributed by atoms with E-state index in [0.717, 1.165) is 12.6 Å². The number of nitrogens with one attached hydrogen (secondary N) is 1. The third-order valence-electron chi connectivity index (χ3n) is 4.59. The highest BCUT2D eigenvalue weighted by atomic mass is 16.5. The molecule has 0 amide bonds. The van der Waals surface area contributed by atoms with Crippen molar-refractivity contribution in [1.82, 2.24) is 5.32 Å². The molecule has 16 heavy (non-hydrogen) atoms. The van der Waals surface area contributed by atoms with Gasteiger partial charge in [0.15, 0.2) is 0 Å². The van der Waals surface area contributed by atoms with E-state index in [0.29, 0.717) is 5.41 Å². The van der Waals surface area contributed by atoms with Crippen LogP contribution in [-0.4, -0.2) is 25.3 Å². The Morgan fingerprint density at radius 2 is 1.88 bits per heavy atom. The smallest absolute Gasteiger partial charge is 0.0639 e. The Bertz CT molecular complexity index is 231. The molecule has 1 spiro atoms. The monoisotopic (exact) mass is 225 g/mol. The van der Waals surface area contributed by atoms with Crippen molar-refractivity contribution in [2.75, 3.05) is 13.7 Å². The van der Waals surface area contributed by atoms with Gasteiger partial charge in [-0.05, 0) is 44.9 Å². The molecule has 0 aromatic carbocycles. The summed E-state index contributed by atoms with van der Waals surface area (Å²) >= 11 is 0. The third-order valence-corrected chi connectivity index (χ3v) is 4.59. The summed E-state index contributed by atoms with van der Waals surface area (Å²) in [7, 11) is 1.79. The van der Waals surface area contributed by atoms with Crippen LogP contribution >= 0.6 is 0 Å². The zero-order chi connectivity index (χ0) is 11.6. The summed E-state index contributed by atoms with van der Waals surface area (Å²) in [6.45, 7) is 5.32. The number of methoxy groups -OCH3 is 1. The van der Waals surface area contributed by atoms with Gasteiger partial charge in [0.25, 0.3) is 0 Å². The van der Waals surface area contributed by atoms with Crippen LogP contribution in [0.1, 0.15) is 58.8 Å². The summed E-state index contributed by atoms with van der Waals surface area (Å²) in [5.41, 5.74) is 0.785. The zero-order valence-electron chi connectivity index (χ0n) is 11.1. The summed E-state index contributed by atoms with van der Waals surface area (Å²) in [4.78, 5) is 0. The molecule has 2 fully saturated rings. The second-order valence-electron chi connectivity index (χ2n) is 6.48. The van der Waals surface area contributed by atoms with Gasteiger partial charge in [0, 0.05) is 18.7 Å². The van der Waals surface area contributed by atoms with Gasteiger partial charge in [-0.15, -0.1) is 0 Å². The van der Waals surface area contributed by atoms with Crippen molar-refractivity contribution in [3.63, 3.8) is 0 Å². The van der Waals surface area contributed by atoms with Crippen molar-refractivity contribution < 1.29 is 4.74 Å². The van der Waals surface area contributed by atoms with Crippen molar-refractivity contribution in [1.29, 1.82) is 0 Å². The van der Waals surface area contributed by atoms with Crippen molar-refractivity contribution in [2.45, 2.75) is 70.4 Å². The molecule has 2 nitrogen and oxygen atoms in total. The Labute approximate surface area is 100 Å². The van der Waals surface area contributed by atoms with Gasteiger partial charge in [-0.1, -0.05) is 19.3 Å². The second kappa shape index (κ2) is 4.66. The lowest BCUT2D eigenvalue weighted by Crippen LogP contribution is -2.61. The predicted molar refractivity (Wildman–Crippen MR) is 67.6 cm³/mol. The maximum Gasteiger partial charge on any atom is 0.0639 e. The molecule has 0 aromatic rings. The fourth-order valence-corrected chi connectivity index (χ4v) is 3.65. The molecule has 2 heteroatoms. The highest BCUT2D eigenvalue weighted by Gasteiger charge is 2.48. The van der Waals surface area contributed by atoms with Crippen molar-refractivity contribution in [2.24, 2.45) is 5.41 Å². The van der Waals surface area contributed by atoms with E-state index < -0.39 is 0 Å². The van der Waals surface area contributed by atoms with Gasteiger partial charge in [-0.2, -0.15) is 0 Å². The lowest BCUT2D eigenvalue weighted by atomic mass is 9.57. The van der Waals surface area contributed by atoms with E-state index in [4.69, 9.17) is 4.74 Å². The Hall–Kier alpha value is -0.0800. The van der Waals surface area contributed by atoms with Gasteiger partial charge >= 0.3 is 0 Å². The Morgan fingerprint density at radius 3 is 2.38 bits per heavy atom. The first-order valence-electron chi connectivity index (χ1n) is 6.85. The summed E-state index contributed by atoms with van der Waals surface area (Å²) < 4.78 is 5.29. The van der Waals surface area contributed by atoms with Crippen LogP contribution in [0.5, 0.6) is 0 Å². The lowest BCUT2D eigenvalue weighted by molar-refractivity contribution is -0.00443. The molecule has 0 aromatic heterocycles. The first-order chi connectivity index (χ1) is 7.58. The van der Waals surface area contributed by atoms with Gasteiger partial charge in [0.1, 0.15) is 0 Å². The molecule has 2 rings (SSSR count). The summed E-state index contributed by atoms with van der Waals surface area (Å²) in [5.74, 6) is 0. The molecule has 0 heterocycles. The molecule has 0 saturated heterocycles. The standard InChI is InChI=1S/C14H27NO/c1-13(2,11-16-3)15-12-7-10-14(12)8-5-4-6-9-14/h12,15H,4-11H2,1-3H3. The third kappa shape index (κ3) is 2.43. The minimum atomic E-state index is 0.129. The van der Waals surface area contributed by atoms with Crippen LogP contribution in [0.3, 0.4) is 0 Å². The molecule has 2 aliphatic carbocycles. The van der Waals surface area contributed by atoms with Gasteiger partial charge in [-0.25, -0.2) is 0 Å². The van der Waals surface area contributed by atoms with E-state index in [9.17, 15) is 0 Å². The first kappa shape index (κ1) is 12.4. The van der Waals surface area contributed by atoms with E-state index in [1.54, 1.807) is 7.11 Å². The number of hydrogen-bond donors (Lipinski definition) is 1. The maximum absolute atomic E-state index is 5.29. The highest BCUT2D eigenvalue weighted by molar-refractivity contribution is 5.03. The molecular weight excluding hydrogens is 198 g/mol. The van der Waals surface area contributed by atoms with E-state index in [1.165, 1.54) is 44.9 Å². The summed E-state index contributed by atoms with van der Waals surface area (Å²) in [6.07, 6.45) is 10.1. The quantitative estimate of drug-likeness (QED) is 0.794. The van der Waals surface area contributed by atoms with E-state index >= 15 is 0 Å². The van der Waals surface area contributed by atoms with E-state index in [2.05, 4.69) is 19.2 Å². The summed E-state index contributed by atoms with van der Waals surface area (Å²) in [6, 6.07) is 0.748. The first-order valence-corrected chi connectivity index (χ1v) is 6.85. The molecule has 1 unspecified atom stereocenters. The molecule has 1 N–H and O–H groups in total. The second-order valence-corrected chi connectivity index (χ2v) is 6.48. The zero-order valence-corrected chi connectivity index (χ0v) is 11.1. The fourth-order valence-electron chi connectivity index (χ4n) is 3.65. The van der Waals surface area contributed by atoms with Gasteiger partial charge in [-0.3, -0.25) is 0 Å². The van der Waals surface area contributed by atoms with Crippen LogP contribution in [0, 0.1) is 5.41 Å². The van der Waals surface area contributed by atoms with Crippen LogP contribution < -0.4 is 5.32 Å². The van der Waals surface area contributed by atoms with Crippen LogP contribution in [0.2, 0.25) is 0 Å². The molecule has 1 atom stereocenters. The van der Waals surface area contributed by atoms with Gasteiger partial charge in [0.05, 0.1) is 6.61 Å². The van der Waals surface area contributed by atoms with Crippen molar-refractivity contribution in [3.8, 4) is 0 Å². The molecule has 0 bridgehead atoms. The van der Waals surface area contributed by atoms with Crippen molar-refractivity contribution in [3.05, 3.63) is 0 Å². The topological polar surface area (TPSA) is 21.3 Å². The highest BCUT2D eigenvalue weighted by Crippen LogP contribution is 2.52. The Kier molecular flexibility index (Phi) is 3.60. The molecule has 94 valence electrons. The minimum absolute atomic E-state index is 0.129. The van der Waals surface area contributed by atoms with Crippen LogP contribution in [0.25, 0.3) is 0 Å². The molecule has 2 saturated carbocycles. The average molecular weight is 225 g/mol. The normalized spacial score (nSPS) is 29.1. The Morgan fingerprint density at radius 1 is 1.19 bits per heavy atom. The SMILES string of the molecule is COCC(C)(C)NC1CCC12CCCCC2. The van der Waals surface area contributed by atoms with Crippen LogP contribution in [-0.2, 0) is 4.74 Å².